The van der Waals surface area contributed by atoms with E-state index in [1.165, 1.54) is 0 Å². The van der Waals surface area contributed by atoms with E-state index in [9.17, 15) is 0 Å². The monoisotopic (exact) mass is 445 g/mol. The third kappa shape index (κ3) is 5.91. The fourth-order valence-corrected chi connectivity index (χ4v) is 2.95. The molecule has 0 saturated carbocycles. The predicted octanol–water partition coefficient (Wildman–Crippen LogP) is 6.69. The number of ether oxygens (including phenoxy) is 2. The maximum absolute atomic E-state index is 5.97. The lowest BCUT2D eigenvalue weighted by Gasteiger charge is -2.14. The van der Waals surface area contributed by atoms with Crippen LogP contribution in [0.4, 0.5) is 5.69 Å². The van der Waals surface area contributed by atoms with Crippen LogP contribution in [0.15, 0.2) is 71.2 Å². The lowest BCUT2D eigenvalue weighted by atomic mass is 10.2. The summed E-state index contributed by atoms with van der Waals surface area (Å²) in [5, 5.41) is 4.11. The Morgan fingerprint density at radius 3 is 2.26 bits per heavy atom. The van der Waals surface area contributed by atoms with Gasteiger partial charge >= 0.3 is 0 Å². The van der Waals surface area contributed by atoms with Crippen molar-refractivity contribution in [3.05, 3.63) is 87.4 Å². The predicted molar refractivity (Wildman–Crippen MR) is 115 cm³/mol. The molecule has 5 heteroatoms. The molecule has 140 valence electrons. The molecule has 3 nitrogen and oxygen atoms in total. The quantitative estimate of drug-likeness (QED) is 0.418. The van der Waals surface area contributed by atoms with Gasteiger partial charge < -0.3 is 14.8 Å². The lowest BCUT2D eigenvalue weighted by molar-refractivity contribution is 0.269. The van der Waals surface area contributed by atoms with Crippen LogP contribution in [0.3, 0.4) is 0 Å². The summed E-state index contributed by atoms with van der Waals surface area (Å²) in [4.78, 5) is 0. The topological polar surface area (TPSA) is 30.5 Å². The zero-order chi connectivity index (χ0) is 19.1. The van der Waals surface area contributed by atoms with Crippen LogP contribution in [0, 0.1) is 0 Å². The molecule has 0 bridgehead atoms. The van der Waals surface area contributed by atoms with Crippen molar-refractivity contribution in [2.45, 2.75) is 20.1 Å². The molecule has 0 aliphatic heterocycles. The second-order valence-electron chi connectivity index (χ2n) is 5.99. The van der Waals surface area contributed by atoms with E-state index in [0.29, 0.717) is 19.8 Å². The molecule has 0 aromatic heterocycles. The van der Waals surface area contributed by atoms with Gasteiger partial charge in [-0.15, -0.1) is 0 Å². The highest BCUT2D eigenvalue weighted by atomic mass is 79.9. The number of benzene rings is 3. The number of nitrogens with one attached hydrogen (secondary N) is 1. The Morgan fingerprint density at radius 1 is 0.852 bits per heavy atom. The normalized spacial score (nSPS) is 10.5. The number of hydrogen-bond acceptors (Lipinski definition) is 3. The first kappa shape index (κ1) is 19.6. The molecule has 0 aliphatic carbocycles. The van der Waals surface area contributed by atoms with Gasteiger partial charge in [0, 0.05) is 21.7 Å². The van der Waals surface area contributed by atoms with Crippen LogP contribution in [0.1, 0.15) is 18.1 Å². The van der Waals surface area contributed by atoms with E-state index in [1.54, 1.807) is 0 Å². The summed E-state index contributed by atoms with van der Waals surface area (Å²) in [6.45, 7) is 3.74. The fourth-order valence-electron chi connectivity index (χ4n) is 2.56. The summed E-state index contributed by atoms with van der Waals surface area (Å²) in [5.41, 5.74) is 3.24. The Morgan fingerprint density at radius 2 is 1.56 bits per heavy atom. The van der Waals surface area contributed by atoms with E-state index in [-0.39, 0.29) is 0 Å². The highest BCUT2D eigenvalue weighted by Gasteiger charge is 2.07. The van der Waals surface area contributed by atoms with Crippen molar-refractivity contribution < 1.29 is 9.47 Å². The molecule has 0 unspecified atom stereocenters. The smallest absolute Gasteiger partial charge is 0.161 e. The minimum Gasteiger partial charge on any atom is -0.490 e. The molecule has 0 saturated heterocycles. The first-order valence-corrected chi connectivity index (χ1v) is 9.93. The first-order chi connectivity index (χ1) is 13.1. The number of hydrogen-bond donors (Lipinski definition) is 1. The molecular weight excluding hydrogens is 426 g/mol. The Hall–Kier alpha value is -2.17. The van der Waals surface area contributed by atoms with Gasteiger partial charge in [-0.3, -0.25) is 0 Å². The van der Waals surface area contributed by atoms with Gasteiger partial charge in [-0.2, -0.15) is 0 Å². The van der Waals surface area contributed by atoms with E-state index in [4.69, 9.17) is 21.1 Å². The average Bonchev–Trinajstić information content (AvgIpc) is 2.68. The molecule has 3 rings (SSSR count). The molecule has 0 radical (unpaired) electrons. The van der Waals surface area contributed by atoms with E-state index in [0.717, 1.165) is 37.8 Å². The van der Waals surface area contributed by atoms with Gasteiger partial charge in [0.25, 0.3) is 0 Å². The summed E-state index contributed by atoms with van der Waals surface area (Å²) < 4.78 is 12.8. The Kier molecular flexibility index (Phi) is 7.02. The first-order valence-electron chi connectivity index (χ1n) is 8.76. The van der Waals surface area contributed by atoms with Gasteiger partial charge in [-0.1, -0.05) is 45.7 Å². The molecule has 1 N–H and O–H groups in total. The molecule has 0 atom stereocenters. The second-order valence-corrected chi connectivity index (χ2v) is 7.34. The Balaban J connectivity index is 1.66. The van der Waals surface area contributed by atoms with Gasteiger partial charge in [0.15, 0.2) is 11.5 Å². The summed E-state index contributed by atoms with van der Waals surface area (Å²) in [6.07, 6.45) is 0. The minimum atomic E-state index is 0.496. The van der Waals surface area contributed by atoms with Crippen LogP contribution >= 0.6 is 27.5 Å². The van der Waals surface area contributed by atoms with Crippen molar-refractivity contribution >= 4 is 33.2 Å². The molecule has 27 heavy (non-hydrogen) atoms. The molecule has 0 fully saturated rings. The number of rotatable bonds is 8. The van der Waals surface area contributed by atoms with E-state index >= 15 is 0 Å². The van der Waals surface area contributed by atoms with Crippen LogP contribution in [0.2, 0.25) is 5.02 Å². The molecule has 0 spiro atoms. The molecule has 0 amide bonds. The molecule has 0 aliphatic rings. The Bertz CT molecular complexity index is 866. The molecular formula is C22H21BrClNO2. The summed E-state index contributed by atoms with van der Waals surface area (Å²) in [6, 6.07) is 21.8. The molecule has 0 heterocycles. The highest BCUT2D eigenvalue weighted by molar-refractivity contribution is 9.10. The summed E-state index contributed by atoms with van der Waals surface area (Å²) in [5.74, 6) is 1.50. The number of halogens is 2. The van der Waals surface area contributed by atoms with E-state index in [2.05, 4.69) is 21.2 Å². The van der Waals surface area contributed by atoms with E-state index < -0.39 is 0 Å². The highest BCUT2D eigenvalue weighted by Crippen LogP contribution is 2.30. The van der Waals surface area contributed by atoms with Crippen LogP contribution in [0.25, 0.3) is 0 Å². The molecule has 3 aromatic carbocycles. The van der Waals surface area contributed by atoms with Crippen LogP contribution in [0.5, 0.6) is 11.5 Å². The fraction of sp³-hybridized carbons (Fsp3) is 0.182. The number of anilines is 1. The zero-order valence-electron chi connectivity index (χ0n) is 15.0. The lowest BCUT2D eigenvalue weighted by Crippen LogP contribution is -2.03. The van der Waals surface area contributed by atoms with E-state index in [1.807, 2.05) is 73.7 Å². The van der Waals surface area contributed by atoms with Crippen molar-refractivity contribution in [1.82, 2.24) is 0 Å². The third-order valence-corrected chi connectivity index (χ3v) is 4.74. The van der Waals surface area contributed by atoms with Gasteiger partial charge in [0.2, 0.25) is 0 Å². The van der Waals surface area contributed by atoms with Crippen LogP contribution < -0.4 is 14.8 Å². The van der Waals surface area contributed by atoms with Crippen LogP contribution in [-0.2, 0) is 13.2 Å². The van der Waals surface area contributed by atoms with Crippen molar-refractivity contribution in [1.29, 1.82) is 0 Å². The van der Waals surface area contributed by atoms with Crippen LogP contribution in [-0.4, -0.2) is 6.61 Å². The minimum absolute atomic E-state index is 0.496. The van der Waals surface area contributed by atoms with Gasteiger partial charge in [-0.05, 0) is 66.6 Å². The van der Waals surface area contributed by atoms with Gasteiger partial charge in [-0.25, -0.2) is 0 Å². The average molecular weight is 447 g/mol. The van der Waals surface area contributed by atoms with Gasteiger partial charge in [0.05, 0.1) is 6.61 Å². The van der Waals surface area contributed by atoms with Gasteiger partial charge in [0.1, 0.15) is 6.61 Å². The SMILES string of the molecule is CCOc1cc(CNc2ccc(Cl)cc2)ccc1OCc1ccc(Br)cc1. The third-order valence-electron chi connectivity index (χ3n) is 3.96. The second kappa shape index (κ2) is 9.67. The summed E-state index contributed by atoms with van der Waals surface area (Å²) >= 11 is 9.37. The standard InChI is InChI=1S/C22H21BrClNO2/c1-2-26-22-13-17(14-25-20-10-8-19(24)9-11-20)5-12-21(22)27-15-16-3-6-18(23)7-4-16/h3-13,25H,2,14-15H2,1H3. The van der Waals surface area contributed by atoms with Crippen molar-refractivity contribution in [2.75, 3.05) is 11.9 Å². The maximum atomic E-state index is 5.97. The zero-order valence-corrected chi connectivity index (χ0v) is 17.4. The van der Waals surface area contributed by atoms with Crippen molar-refractivity contribution in [3.8, 4) is 11.5 Å². The Labute approximate surface area is 173 Å². The summed E-state index contributed by atoms with van der Waals surface area (Å²) in [7, 11) is 0. The largest absolute Gasteiger partial charge is 0.490 e. The maximum Gasteiger partial charge on any atom is 0.161 e. The van der Waals surface area contributed by atoms with Crippen molar-refractivity contribution in [3.63, 3.8) is 0 Å². The molecule has 3 aromatic rings. The van der Waals surface area contributed by atoms with Crippen molar-refractivity contribution in [2.24, 2.45) is 0 Å².